The SMILES string of the molecule is N#CC(c1ccc(F)c(F)c1)C(CC(=O)O)c1cccc(Cl)c1. The predicted molar refractivity (Wildman–Crippen MR) is 81.2 cm³/mol. The summed E-state index contributed by atoms with van der Waals surface area (Å²) in [5.74, 6) is -4.88. The third-order valence-electron chi connectivity index (χ3n) is 3.52. The average Bonchev–Trinajstić information content (AvgIpc) is 2.50. The molecule has 2 unspecified atom stereocenters. The van der Waals surface area contributed by atoms with E-state index in [1.165, 1.54) is 6.07 Å². The molecule has 0 spiro atoms. The number of nitrogens with zero attached hydrogens (tertiary/aromatic N) is 1. The molecule has 0 saturated carbocycles. The molecule has 118 valence electrons. The van der Waals surface area contributed by atoms with E-state index in [1.54, 1.807) is 24.3 Å². The largest absolute Gasteiger partial charge is 0.481 e. The lowest BCUT2D eigenvalue weighted by Gasteiger charge is -2.21. The van der Waals surface area contributed by atoms with Gasteiger partial charge in [-0.2, -0.15) is 5.26 Å². The van der Waals surface area contributed by atoms with E-state index >= 15 is 0 Å². The molecule has 2 rings (SSSR count). The second-order valence-electron chi connectivity index (χ2n) is 5.04. The van der Waals surface area contributed by atoms with Crippen LogP contribution in [0.25, 0.3) is 0 Å². The van der Waals surface area contributed by atoms with Gasteiger partial charge >= 0.3 is 5.97 Å². The molecular weight excluding hydrogens is 324 g/mol. The van der Waals surface area contributed by atoms with Crippen molar-refractivity contribution >= 4 is 17.6 Å². The Kier molecular flexibility index (Phi) is 5.30. The predicted octanol–water partition coefficient (Wildman–Crippen LogP) is 4.48. The zero-order valence-corrected chi connectivity index (χ0v) is 12.6. The van der Waals surface area contributed by atoms with E-state index < -0.39 is 29.4 Å². The average molecular weight is 336 g/mol. The Hall–Kier alpha value is -2.45. The summed E-state index contributed by atoms with van der Waals surface area (Å²) >= 11 is 5.93. The Labute approximate surface area is 136 Å². The van der Waals surface area contributed by atoms with Gasteiger partial charge in [0.1, 0.15) is 0 Å². The first kappa shape index (κ1) is 16.9. The minimum atomic E-state index is -1.10. The molecule has 6 heteroatoms. The van der Waals surface area contributed by atoms with Crippen molar-refractivity contribution in [3.8, 4) is 6.07 Å². The highest BCUT2D eigenvalue weighted by molar-refractivity contribution is 6.30. The van der Waals surface area contributed by atoms with Crippen molar-refractivity contribution < 1.29 is 18.7 Å². The van der Waals surface area contributed by atoms with Crippen LogP contribution in [0.2, 0.25) is 5.02 Å². The molecule has 0 bridgehead atoms. The third kappa shape index (κ3) is 4.05. The lowest BCUT2D eigenvalue weighted by Crippen LogP contribution is -2.15. The van der Waals surface area contributed by atoms with Gasteiger partial charge in [-0.1, -0.05) is 29.8 Å². The fourth-order valence-electron chi connectivity index (χ4n) is 2.46. The maximum absolute atomic E-state index is 13.4. The fraction of sp³-hybridized carbons (Fsp3) is 0.176. The molecule has 0 aliphatic carbocycles. The van der Waals surface area contributed by atoms with E-state index in [-0.39, 0.29) is 12.0 Å². The quantitative estimate of drug-likeness (QED) is 0.876. The number of aliphatic carboxylic acids is 1. The van der Waals surface area contributed by atoms with Crippen LogP contribution in [0, 0.1) is 23.0 Å². The van der Waals surface area contributed by atoms with Crippen LogP contribution in [0.3, 0.4) is 0 Å². The molecule has 23 heavy (non-hydrogen) atoms. The number of carbonyl (C=O) groups is 1. The molecule has 0 amide bonds. The van der Waals surface area contributed by atoms with Gasteiger partial charge in [-0.3, -0.25) is 4.79 Å². The lowest BCUT2D eigenvalue weighted by molar-refractivity contribution is -0.137. The van der Waals surface area contributed by atoms with E-state index in [2.05, 4.69) is 0 Å². The van der Waals surface area contributed by atoms with Crippen molar-refractivity contribution in [1.82, 2.24) is 0 Å². The summed E-state index contributed by atoms with van der Waals surface area (Å²) in [6, 6.07) is 11.6. The van der Waals surface area contributed by atoms with Crippen molar-refractivity contribution in [1.29, 1.82) is 5.26 Å². The standard InChI is InChI=1S/C17H12ClF2NO2/c18-12-3-1-2-10(6-12)13(8-17(22)23)14(9-21)11-4-5-15(19)16(20)7-11/h1-7,13-14H,8H2,(H,22,23). The minimum absolute atomic E-state index is 0.220. The van der Waals surface area contributed by atoms with Crippen LogP contribution in [0.5, 0.6) is 0 Å². The number of hydrogen-bond donors (Lipinski definition) is 1. The van der Waals surface area contributed by atoms with Gasteiger partial charge in [0.25, 0.3) is 0 Å². The monoisotopic (exact) mass is 335 g/mol. The second-order valence-corrected chi connectivity index (χ2v) is 5.48. The first-order valence-corrected chi connectivity index (χ1v) is 7.12. The zero-order chi connectivity index (χ0) is 17.0. The van der Waals surface area contributed by atoms with Gasteiger partial charge in [0.2, 0.25) is 0 Å². The van der Waals surface area contributed by atoms with Crippen LogP contribution in [0.1, 0.15) is 29.4 Å². The summed E-state index contributed by atoms with van der Waals surface area (Å²) in [5.41, 5.74) is 0.772. The minimum Gasteiger partial charge on any atom is -0.481 e. The van der Waals surface area contributed by atoms with E-state index in [1.807, 2.05) is 6.07 Å². The van der Waals surface area contributed by atoms with Crippen molar-refractivity contribution in [2.24, 2.45) is 0 Å². The summed E-state index contributed by atoms with van der Waals surface area (Å²) < 4.78 is 26.5. The molecule has 2 aromatic rings. The number of rotatable bonds is 5. The Morgan fingerprint density at radius 3 is 2.48 bits per heavy atom. The van der Waals surface area contributed by atoms with Gasteiger partial charge in [-0.15, -0.1) is 0 Å². The van der Waals surface area contributed by atoms with Gasteiger partial charge in [0.05, 0.1) is 18.4 Å². The number of halogens is 3. The summed E-state index contributed by atoms with van der Waals surface area (Å²) in [7, 11) is 0. The number of benzene rings is 2. The molecular formula is C17H12ClF2NO2. The van der Waals surface area contributed by atoms with Crippen LogP contribution in [-0.2, 0) is 4.79 Å². The normalized spacial score (nSPS) is 13.1. The van der Waals surface area contributed by atoms with Crippen LogP contribution in [0.4, 0.5) is 8.78 Å². The molecule has 0 fully saturated rings. The maximum atomic E-state index is 13.4. The first-order valence-electron chi connectivity index (χ1n) is 6.74. The van der Waals surface area contributed by atoms with Crippen LogP contribution in [-0.4, -0.2) is 11.1 Å². The van der Waals surface area contributed by atoms with Crippen LogP contribution in [0.15, 0.2) is 42.5 Å². The van der Waals surface area contributed by atoms with Gasteiger partial charge < -0.3 is 5.11 Å². The summed E-state index contributed by atoms with van der Waals surface area (Å²) in [5, 5.41) is 19.0. The molecule has 0 aliphatic heterocycles. The Morgan fingerprint density at radius 2 is 1.91 bits per heavy atom. The number of carboxylic acid groups (broad SMARTS) is 1. The highest BCUT2D eigenvalue weighted by atomic mass is 35.5. The molecule has 0 aliphatic rings. The van der Waals surface area contributed by atoms with E-state index in [0.717, 1.165) is 12.1 Å². The number of hydrogen-bond acceptors (Lipinski definition) is 2. The highest BCUT2D eigenvalue weighted by Gasteiger charge is 2.28. The van der Waals surface area contributed by atoms with Crippen LogP contribution < -0.4 is 0 Å². The Morgan fingerprint density at radius 1 is 1.17 bits per heavy atom. The summed E-state index contributed by atoms with van der Waals surface area (Å²) in [6.07, 6.45) is -0.336. The molecule has 2 aromatic carbocycles. The molecule has 0 saturated heterocycles. The molecule has 1 N–H and O–H groups in total. The molecule has 0 radical (unpaired) electrons. The topological polar surface area (TPSA) is 61.1 Å². The highest BCUT2D eigenvalue weighted by Crippen LogP contribution is 2.36. The summed E-state index contributed by atoms with van der Waals surface area (Å²) in [4.78, 5) is 11.2. The van der Waals surface area contributed by atoms with Gasteiger partial charge in [0.15, 0.2) is 11.6 Å². The molecule has 0 heterocycles. The lowest BCUT2D eigenvalue weighted by atomic mass is 9.80. The van der Waals surface area contributed by atoms with Crippen molar-refractivity contribution in [2.45, 2.75) is 18.3 Å². The van der Waals surface area contributed by atoms with E-state index in [4.69, 9.17) is 16.7 Å². The maximum Gasteiger partial charge on any atom is 0.304 e. The Bertz CT molecular complexity index is 773. The van der Waals surface area contributed by atoms with Crippen molar-refractivity contribution in [3.05, 3.63) is 70.2 Å². The van der Waals surface area contributed by atoms with E-state index in [9.17, 15) is 18.8 Å². The molecule has 2 atom stereocenters. The second kappa shape index (κ2) is 7.21. The van der Waals surface area contributed by atoms with E-state index in [0.29, 0.717) is 10.6 Å². The smallest absolute Gasteiger partial charge is 0.304 e. The van der Waals surface area contributed by atoms with Gasteiger partial charge in [-0.05, 0) is 35.4 Å². The number of nitriles is 1. The van der Waals surface area contributed by atoms with Crippen LogP contribution >= 0.6 is 11.6 Å². The number of carboxylic acids is 1. The van der Waals surface area contributed by atoms with Crippen molar-refractivity contribution in [3.63, 3.8) is 0 Å². The fourth-order valence-corrected chi connectivity index (χ4v) is 2.65. The Balaban J connectivity index is 2.49. The molecule has 0 aromatic heterocycles. The summed E-state index contributed by atoms with van der Waals surface area (Å²) in [6.45, 7) is 0. The third-order valence-corrected chi connectivity index (χ3v) is 3.75. The first-order chi connectivity index (χ1) is 10.9. The van der Waals surface area contributed by atoms with Gasteiger partial charge in [0, 0.05) is 10.9 Å². The zero-order valence-electron chi connectivity index (χ0n) is 11.8. The van der Waals surface area contributed by atoms with Crippen molar-refractivity contribution in [2.75, 3.05) is 0 Å². The van der Waals surface area contributed by atoms with Gasteiger partial charge in [-0.25, -0.2) is 8.78 Å². The molecule has 3 nitrogen and oxygen atoms in total.